The highest BCUT2D eigenvalue weighted by Crippen LogP contribution is 2.21. The van der Waals surface area contributed by atoms with Crippen molar-refractivity contribution >= 4 is 0 Å². The highest BCUT2D eigenvalue weighted by atomic mass is 14.9. The quantitative estimate of drug-likeness (QED) is 0.882. The van der Waals surface area contributed by atoms with Gasteiger partial charge < -0.3 is 5.32 Å². The summed E-state index contributed by atoms with van der Waals surface area (Å²) >= 11 is 0. The fraction of sp³-hybridized carbons (Fsp3) is 0.353. The molecular weight excluding hydrogens is 232 g/mol. The molecule has 2 rings (SSSR count). The SMILES string of the molecule is CCNC(Cc1cccc(C)c1)c1ccncc1C. The van der Waals surface area contributed by atoms with Crippen LogP contribution in [0.2, 0.25) is 0 Å². The molecule has 0 aliphatic rings. The second-order valence-corrected chi connectivity index (χ2v) is 5.04. The number of aromatic nitrogens is 1. The molecule has 0 saturated carbocycles. The van der Waals surface area contributed by atoms with Crippen molar-refractivity contribution in [3.05, 3.63) is 65.0 Å². The summed E-state index contributed by atoms with van der Waals surface area (Å²) in [5.41, 5.74) is 5.29. The molecule has 100 valence electrons. The molecule has 1 aromatic carbocycles. The van der Waals surface area contributed by atoms with Crippen molar-refractivity contribution in [1.82, 2.24) is 10.3 Å². The summed E-state index contributed by atoms with van der Waals surface area (Å²) in [6.07, 6.45) is 4.83. The molecule has 0 aliphatic heterocycles. The predicted molar refractivity (Wildman–Crippen MR) is 80.3 cm³/mol. The fourth-order valence-corrected chi connectivity index (χ4v) is 2.49. The van der Waals surface area contributed by atoms with E-state index in [9.17, 15) is 0 Å². The Morgan fingerprint density at radius 3 is 2.74 bits per heavy atom. The Labute approximate surface area is 115 Å². The van der Waals surface area contributed by atoms with Gasteiger partial charge in [0.15, 0.2) is 0 Å². The van der Waals surface area contributed by atoms with E-state index in [4.69, 9.17) is 0 Å². The van der Waals surface area contributed by atoms with Crippen molar-refractivity contribution in [2.75, 3.05) is 6.54 Å². The maximum absolute atomic E-state index is 4.18. The van der Waals surface area contributed by atoms with Crippen LogP contribution in [0.5, 0.6) is 0 Å². The molecule has 0 spiro atoms. The number of likely N-dealkylation sites (N-methyl/N-ethyl adjacent to an activating group) is 1. The first kappa shape index (κ1) is 13.8. The first-order chi connectivity index (χ1) is 9.20. The van der Waals surface area contributed by atoms with E-state index in [1.165, 1.54) is 22.3 Å². The Morgan fingerprint density at radius 1 is 1.21 bits per heavy atom. The van der Waals surface area contributed by atoms with Gasteiger partial charge >= 0.3 is 0 Å². The molecule has 1 heterocycles. The van der Waals surface area contributed by atoms with E-state index in [0.29, 0.717) is 6.04 Å². The van der Waals surface area contributed by atoms with Gasteiger partial charge in [0, 0.05) is 18.4 Å². The minimum atomic E-state index is 0.356. The Morgan fingerprint density at radius 2 is 2.05 bits per heavy atom. The van der Waals surface area contributed by atoms with E-state index in [2.05, 4.69) is 61.4 Å². The normalized spacial score (nSPS) is 12.4. The Kier molecular flexibility index (Phi) is 4.69. The van der Waals surface area contributed by atoms with Crippen molar-refractivity contribution in [3.63, 3.8) is 0 Å². The minimum Gasteiger partial charge on any atom is -0.310 e. The zero-order chi connectivity index (χ0) is 13.7. The standard InChI is InChI=1S/C17H22N2/c1-4-19-17(16-8-9-18-12-14(16)3)11-15-7-5-6-13(2)10-15/h5-10,12,17,19H,4,11H2,1-3H3. The van der Waals surface area contributed by atoms with Crippen molar-refractivity contribution in [2.24, 2.45) is 0 Å². The van der Waals surface area contributed by atoms with E-state index in [-0.39, 0.29) is 0 Å². The molecule has 0 radical (unpaired) electrons. The highest BCUT2D eigenvalue weighted by Gasteiger charge is 2.13. The van der Waals surface area contributed by atoms with Gasteiger partial charge in [-0.2, -0.15) is 0 Å². The maximum atomic E-state index is 4.18. The summed E-state index contributed by atoms with van der Waals surface area (Å²) in [5, 5.41) is 3.58. The first-order valence-electron chi connectivity index (χ1n) is 6.90. The maximum Gasteiger partial charge on any atom is 0.0364 e. The lowest BCUT2D eigenvalue weighted by molar-refractivity contribution is 0.546. The molecule has 0 fully saturated rings. The van der Waals surface area contributed by atoms with Gasteiger partial charge in [-0.1, -0.05) is 36.8 Å². The van der Waals surface area contributed by atoms with Crippen molar-refractivity contribution in [1.29, 1.82) is 0 Å². The number of hydrogen-bond acceptors (Lipinski definition) is 2. The fourth-order valence-electron chi connectivity index (χ4n) is 2.49. The van der Waals surface area contributed by atoms with Crippen LogP contribution in [-0.2, 0) is 6.42 Å². The molecule has 2 aromatic rings. The van der Waals surface area contributed by atoms with Crippen molar-refractivity contribution in [2.45, 2.75) is 33.2 Å². The van der Waals surface area contributed by atoms with Crippen LogP contribution >= 0.6 is 0 Å². The Balaban J connectivity index is 2.24. The molecule has 1 atom stereocenters. The van der Waals surface area contributed by atoms with E-state index in [1.54, 1.807) is 0 Å². The molecule has 0 saturated heterocycles. The molecule has 19 heavy (non-hydrogen) atoms. The number of rotatable bonds is 5. The summed E-state index contributed by atoms with van der Waals surface area (Å²) in [7, 11) is 0. The number of nitrogens with one attached hydrogen (secondary N) is 1. The largest absolute Gasteiger partial charge is 0.310 e. The van der Waals surface area contributed by atoms with Gasteiger partial charge in [0.2, 0.25) is 0 Å². The lowest BCUT2D eigenvalue weighted by Crippen LogP contribution is -2.23. The third kappa shape index (κ3) is 3.65. The van der Waals surface area contributed by atoms with Gasteiger partial charge in [-0.25, -0.2) is 0 Å². The van der Waals surface area contributed by atoms with Crippen molar-refractivity contribution in [3.8, 4) is 0 Å². The lowest BCUT2D eigenvalue weighted by atomic mass is 9.96. The van der Waals surface area contributed by atoms with E-state index < -0.39 is 0 Å². The van der Waals surface area contributed by atoms with Crippen LogP contribution in [0.4, 0.5) is 0 Å². The van der Waals surface area contributed by atoms with Gasteiger partial charge in [0.05, 0.1) is 0 Å². The zero-order valence-electron chi connectivity index (χ0n) is 12.0. The van der Waals surface area contributed by atoms with Gasteiger partial charge in [0.25, 0.3) is 0 Å². The minimum absolute atomic E-state index is 0.356. The predicted octanol–water partition coefficient (Wildman–Crippen LogP) is 3.59. The van der Waals surface area contributed by atoms with E-state index in [1.807, 2.05) is 12.4 Å². The monoisotopic (exact) mass is 254 g/mol. The van der Waals surface area contributed by atoms with E-state index >= 15 is 0 Å². The molecule has 1 aromatic heterocycles. The topological polar surface area (TPSA) is 24.9 Å². The van der Waals surface area contributed by atoms with E-state index in [0.717, 1.165) is 13.0 Å². The molecule has 0 aliphatic carbocycles. The summed E-state index contributed by atoms with van der Waals surface area (Å²) < 4.78 is 0. The summed E-state index contributed by atoms with van der Waals surface area (Å²) in [4.78, 5) is 4.18. The molecule has 1 N–H and O–H groups in total. The molecule has 1 unspecified atom stereocenters. The second-order valence-electron chi connectivity index (χ2n) is 5.04. The molecule has 0 bridgehead atoms. The average Bonchev–Trinajstić information content (AvgIpc) is 2.39. The van der Waals surface area contributed by atoms with Gasteiger partial charge in [-0.15, -0.1) is 0 Å². The van der Waals surface area contributed by atoms with Crippen LogP contribution in [0, 0.1) is 13.8 Å². The van der Waals surface area contributed by atoms with Crippen LogP contribution in [0.25, 0.3) is 0 Å². The zero-order valence-corrected chi connectivity index (χ0v) is 12.0. The third-order valence-corrected chi connectivity index (χ3v) is 3.41. The van der Waals surface area contributed by atoms with Gasteiger partial charge in [0.1, 0.15) is 0 Å². The summed E-state index contributed by atoms with van der Waals surface area (Å²) in [6, 6.07) is 11.2. The Bertz CT molecular complexity index is 534. The van der Waals surface area contributed by atoms with Crippen molar-refractivity contribution < 1.29 is 0 Å². The first-order valence-corrected chi connectivity index (χ1v) is 6.90. The van der Waals surface area contributed by atoms with Gasteiger partial charge in [-0.3, -0.25) is 4.98 Å². The van der Waals surface area contributed by atoms with Crippen LogP contribution in [-0.4, -0.2) is 11.5 Å². The number of benzene rings is 1. The molecule has 2 heteroatoms. The second kappa shape index (κ2) is 6.48. The summed E-state index contributed by atoms with van der Waals surface area (Å²) in [6.45, 7) is 7.39. The molecular formula is C17H22N2. The number of aryl methyl sites for hydroxylation is 2. The Hall–Kier alpha value is -1.67. The lowest BCUT2D eigenvalue weighted by Gasteiger charge is -2.20. The smallest absolute Gasteiger partial charge is 0.0364 e. The van der Waals surface area contributed by atoms with Gasteiger partial charge in [-0.05, 0) is 49.6 Å². The number of nitrogens with zero attached hydrogens (tertiary/aromatic N) is 1. The molecule has 2 nitrogen and oxygen atoms in total. The van der Waals surface area contributed by atoms with Crippen LogP contribution in [0.3, 0.4) is 0 Å². The van der Waals surface area contributed by atoms with Crippen LogP contribution < -0.4 is 5.32 Å². The van der Waals surface area contributed by atoms with Crippen LogP contribution in [0.1, 0.15) is 35.2 Å². The summed E-state index contributed by atoms with van der Waals surface area (Å²) in [5.74, 6) is 0. The third-order valence-electron chi connectivity index (χ3n) is 3.41. The average molecular weight is 254 g/mol. The van der Waals surface area contributed by atoms with Crippen LogP contribution in [0.15, 0.2) is 42.7 Å². The molecule has 0 amide bonds. The number of pyridine rings is 1. The highest BCUT2D eigenvalue weighted by molar-refractivity contribution is 5.29. The number of hydrogen-bond donors (Lipinski definition) is 1.